The largest absolute Gasteiger partial charge is 0.298 e. The van der Waals surface area contributed by atoms with Crippen LogP contribution in [-0.4, -0.2) is 21.9 Å². The Balaban J connectivity index is 1.87. The molecule has 0 spiro atoms. The van der Waals surface area contributed by atoms with Crippen molar-refractivity contribution in [1.29, 1.82) is 0 Å². The van der Waals surface area contributed by atoms with Crippen LogP contribution in [0.1, 0.15) is 15.9 Å². The van der Waals surface area contributed by atoms with Gasteiger partial charge in [-0.25, -0.2) is 0 Å². The minimum Gasteiger partial charge on any atom is -0.298 e. The molecule has 0 saturated heterocycles. The molecule has 2 rings (SSSR count). The summed E-state index contributed by atoms with van der Waals surface area (Å²) in [4.78, 5) is 34.0. The Morgan fingerprint density at radius 3 is 2.39 bits per heavy atom. The summed E-state index contributed by atoms with van der Waals surface area (Å²) in [5.41, 5.74) is 5.18. The molecule has 0 atom stereocenters. The van der Waals surface area contributed by atoms with Crippen molar-refractivity contribution < 1.29 is 14.5 Å². The summed E-state index contributed by atoms with van der Waals surface area (Å²) < 4.78 is 0. The fourth-order valence-corrected chi connectivity index (χ4v) is 2.38. The lowest BCUT2D eigenvalue weighted by molar-refractivity contribution is -0.384. The number of rotatable bonds is 4. The maximum absolute atomic E-state index is 11.9. The van der Waals surface area contributed by atoms with E-state index in [4.69, 9.17) is 35.4 Å². The highest BCUT2D eigenvalue weighted by Crippen LogP contribution is 2.25. The van der Waals surface area contributed by atoms with Gasteiger partial charge in [-0.2, -0.15) is 0 Å². The van der Waals surface area contributed by atoms with E-state index in [0.717, 1.165) is 6.08 Å². The molecule has 0 aliphatic rings. The number of hydrogen-bond acceptors (Lipinski definition) is 5. The van der Waals surface area contributed by atoms with Gasteiger partial charge in [0.25, 0.3) is 11.6 Å². The molecule has 144 valence electrons. The van der Waals surface area contributed by atoms with Crippen LogP contribution >= 0.6 is 35.4 Å². The molecule has 0 aliphatic heterocycles. The van der Waals surface area contributed by atoms with Gasteiger partial charge in [0, 0.05) is 22.7 Å². The van der Waals surface area contributed by atoms with E-state index in [1.165, 1.54) is 36.4 Å². The number of nitro benzene ring substituents is 1. The van der Waals surface area contributed by atoms with E-state index >= 15 is 0 Å². The quantitative estimate of drug-likeness (QED) is 0.292. The van der Waals surface area contributed by atoms with E-state index < -0.39 is 16.7 Å². The topological polar surface area (TPSA) is 113 Å². The highest BCUT2D eigenvalue weighted by molar-refractivity contribution is 7.80. The molecule has 0 aromatic heterocycles. The molecule has 0 heterocycles. The third-order valence-electron chi connectivity index (χ3n) is 3.23. The molecule has 11 heteroatoms. The zero-order valence-corrected chi connectivity index (χ0v) is 16.3. The van der Waals surface area contributed by atoms with E-state index in [9.17, 15) is 19.7 Å². The van der Waals surface area contributed by atoms with Crippen molar-refractivity contribution in [2.45, 2.75) is 0 Å². The van der Waals surface area contributed by atoms with E-state index in [2.05, 4.69) is 16.2 Å². The predicted molar refractivity (Wildman–Crippen MR) is 110 cm³/mol. The summed E-state index contributed by atoms with van der Waals surface area (Å²) >= 11 is 16.4. The molecule has 2 aromatic rings. The minimum absolute atomic E-state index is 0.00610. The third-order valence-corrected chi connectivity index (χ3v) is 4.00. The standard InChI is InChI=1S/C17H12Cl2N4O4S/c18-12-5-3-11(4-6-12)16(25)21-22-17(28)20-15(24)8-2-10-1-7-13(19)14(9-10)23(26)27/h1-9H,(H,21,25)(H2,20,22,24,28)/b8-2+. The Hall–Kier alpha value is -3.01. The average Bonchev–Trinajstić information content (AvgIpc) is 2.65. The second kappa shape index (κ2) is 9.79. The van der Waals surface area contributed by atoms with E-state index in [1.54, 1.807) is 12.1 Å². The fourth-order valence-electron chi connectivity index (χ4n) is 1.92. The molecule has 0 bridgehead atoms. The van der Waals surface area contributed by atoms with Gasteiger partial charge in [0.15, 0.2) is 5.11 Å². The first-order valence-electron chi connectivity index (χ1n) is 7.55. The number of benzene rings is 2. The van der Waals surface area contributed by atoms with Gasteiger partial charge >= 0.3 is 0 Å². The molecule has 0 saturated carbocycles. The molecule has 3 N–H and O–H groups in total. The maximum atomic E-state index is 11.9. The molecule has 0 unspecified atom stereocenters. The van der Waals surface area contributed by atoms with E-state index in [-0.39, 0.29) is 15.8 Å². The van der Waals surface area contributed by atoms with Crippen molar-refractivity contribution >= 4 is 64.1 Å². The van der Waals surface area contributed by atoms with Crippen LogP contribution in [0, 0.1) is 10.1 Å². The summed E-state index contributed by atoms with van der Waals surface area (Å²) in [6.45, 7) is 0. The van der Waals surface area contributed by atoms with Gasteiger partial charge in [0.2, 0.25) is 5.91 Å². The lowest BCUT2D eigenvalue weighted by atomic mass is 10.2. The number of thiocarbonyl (C=S) groups is 1. The van der Waals surface area contributed by atoms with Gasteiger partial charge in [0.05, 0.1) is 4.92 Å². The Morgan fingerprint density at radius 1 is 1.07 bits per heavy atom. The fraction of sp³-hybridized carbons (Fsp3) is 0. The third kappa shape index (κ3) is 6.31. The van der Waals surface area contributed by atoms with Gasteiger partial charge < -0.3 is 0 Å². The first kappa shape index (κ1) is 21.3. The van der Waals surface area contributed by atoms with Crippen molar-refractivity contribution in [3.05, 3.63) is 79.8 Å². The number of carbonyl (C=O) groups is 2. The highest BCUT2D eigenvalue weighted by Gasteiger charge is 2.12. The maximum Gasteiger partial charge on any atom is 0.288 e. The number of hydrogen-bond donors (Lipinski definition) is 3. The van der Waals surface area contributed by atoms with Crippen molar-refractivity contribution in [3.8, 4) is 0 Å². The zero-order chi connectivity index (χ0) is 20.7. The highest BCUT2D eigenvalue weighted by atomic mass is 35.5. The predicted octanol–water partition coefficient (Wildman–Crippen LogP) is 3.25. The number of amides is 2. The SMILES string of the molecule is O=C(/C=C/c1ccc(Cl)c([N+](=O)[O-])c1)NC(=S)NNC(=O)c1ccc(Cl)cc1. The molecular weight excluding hydrogens is 427 g/mol. The Morgan fingerprint density at radius 2 is 1.75 bits per heavy atom. The zero-order valence-electron chi connectivity index (χ0n) is 13.9. The van der Waals surface area contributed by atoms with Crippen molar-refractivity contribution in [3.63, 3.8) is 0 Å². The number of hydrazine groups is 1. The van der Waals surface area contributed by atoms with E-state index in [0.29, 0.717) is 16.1 Å². The molecule has 0 radical (unpaired) electrons. The lowest BCUT2D eigenvalue weighted by Gasteiger charge is -2.09. The molecular formula is C17H12Cl2N4O4S. The van der Waals surface area contributed by atoms with Gasteiger partial charge in [-0.05, 0) is 54.2 Å². The number of nitrogens with one attached hydrogen (secondary N) is 3. The van der Waals surface area contributed by atoms with Crippen molar-refractivity contribution in [1.82, 2.24) is 16.2 Å². The molecule has 2 amide bonds. The first-order valence-corrected chi connectivity index (χ1v) is 8.71. The second-order valence-electron chi connectivity index (χ2n) is 5.21. The van der Waals surface area contributed by atoms with Crippen LogP contribution in [0.3, 0.4) is 0 Å². The summed E-state index contributed by atoms with van der Waals surface area (Å²) in [5.74, 6) is -1.08. The van der Waals surface area contributed by atoms with Crippen LogP contribution in [0.25, 0.3) is 6.08 Å². The molecule has 8 nitrogen and oxygen atoms in total. The Bertz CT molecular complexity index is 964. The molecule has 0 fully saturated rings. The number of halogens is 2. The van der Waals surface area contributed by atoms with Crippen LogP contribution < -0.4 is 16.2 Å². The summed E-state index contributed by atoms with van der Waals surface area (Å²) in [6, 6.07) is 10.3. The number of nitro groups is 1. The first-order chi connectivity index (χ1) is 13.3. The Kier molecular flexibility index (Phi) is 7.44. The van der Waals surface area contributed by atoms with Crippen LogP contribution in [0.5, 0.6) is 0 Å². The molecule has 0 aliphatic carbocycles. The molecule has 2 aromatic carbocycles. The van der Waals surface area contributed by atoms with Gasteiger partial charge in [-0.1, -0.05) is 29.3 Å². The summed E-state index contributed by atoms with van der Waals surface area (Å²) in [6.07, 6.45) is 2.48. The van der Waals surface area contributed by atoms with Crippen molar-refractivity contribution in [2.75, 3.05) is 0 Å². The number of nitrogens with zero attached hydrogens (tertiary/aromatic N) is 1. The normalized spacial score (nSPS) is 10.4. The van der Waals surface area contributed by atoms with Crippen molar-refractivity contribution in [2.24, 2.45) is 0 Å². The monoisotopic (exact) mass is 438 g/mol. The van der Waals surface area contributed by atoms with Crippen LogP contribution in [0.4, 0.5) is 5.69 Å². The molecule has 28 heavy (non-hydrogen) atoms. The minimum atomic E-state index is -0.623. The smallest absolute Gasteiger partial charge is 0.288 e. The van der Waals surface area contributed by atoms with Crippen LogP contribution in [0.15, 0.2) is 48.5 Å². The lowest BCUT2D eigenvalue weighted by Crippen LogP contribution is -2.48. The summed E-state index contributed by atoms with van der Waals surface area (Å²) in [7, 11) is 0. The summed E-state index contributed by atoms with van der Waals surface area (Å²) in [5, 5.41) is 13.5. The van der Waals surface area contributed by atoms with Gasteiger partial charge in [-0.3, -0.25) is 35.9 Å². The second-order valence-corrected chi connectivity index (χ2v) is 6.46. The van der Waals surface area contributed by atoms with Crippen LogP contribution in [0.2, 0.25) is 10.0 Å². The number of carbonyl (C=O) groups excluding carboxylic acids is 2. The van der Waals surface area contributed by atoms with E-state index in [1.807, 2.05) is 0 Å². The van der Waals surface area contributed by atoms with Crippen LogP contribution in [-0.2, 0) is 4.79 Å². The van der Waals surface area contributed by atoms with Gasteiger partial charge in [0.1, 0.15) is 5.02 Å². The Labute approximate surface area is 174 Å². The van der Waals surface area contributed by atoms with Gasteiger partial charge in [-0.15, -0.1) is 0 Å². The average molecular weight is 439 g/mol.